The first-order valence-corrected chi connectivity index (χ1v) is 6.99. The number of likely N-dealkylation sites (N-methyl/N-ethyl adjacent to an activating group) is 1. The van der Waals surface area contributed by atoms with Gasteiger partial charge in [0.05, 0.1) is 13.7 Å². The number of amides is 1. The van der Waals surface area contributed by atoms with Gasteiger partial charge in [0.25, 0.3) is 0 Å². The minimum Gasteiger partial charge on any atom is -0.496 e. The summed E-state index contributed by atoms with van der Waals surface area (Å²) in [6.45, 7) is 4.99. The monoisotopic (exact) mass is 289 g/mol. The maximum Gasteiger partial charge on any atom is 0.234 e. The Balaban J connectivity index is 2.24. The van der Waals surface area contributed by atoms with Crippen molar-refractivity contribution >= 4 is 16.8 Å². The number of hydrogen-bond donors (Lipinski definition) is 2. The predicted octanol–water partition coefficient (Wildman–Crippen LogP) is 1.97. The van der Waals surface area contributed by atoms with Gasteiger partial charge in [-0.2, -0.15) is 0 Å². The average molecular weight is 289 g/mol. The van der Waals surface area contributed by atoms with Crippen LogP contribution < -0.4 is 10.1 Å². The Bertz CT molecular complexity index is 659. The second-order valence-corrected chi connectivity index (χ2v) is 5.60. The van der Waals surface area contributed by atoms with Crippen molar-refractivity contribution in [3.8, 4) is 5.75 Å². The van der Waals surface area contributed by atoms with E-state index in [0.29, 0.717) is 13.1 Å². The highest BCUT2D eigenvalue weighted by molar-refractivity contribution is 5.87. The first-order chi connectivity index (χ1) is 9.92. The third-order valence-corrected chi connectivity index (χ3v) is 3.65. The number of ether oxygens (including phenoxy) is 1. The van der Waals surface area contributed by atoms with E-state index in [1.807, 2.05) is 31.1 Å². The number of H-pyrrole nitrogens is 1. The van der Waals surface area contributed by atoms with Gasteiger partial charge in [-0.1, -0.05) is 0 Å². The van der Waals surface area contributed by atoms with Crippen molar-refractivity contribution in [1.29, 1.82) is 0 Å². The van der Waals surface area contributed by atoms with Gasteiger partial charge >= 0.3 is 0 Å². The topological polar surface area (TPSA) is 57.4 Å². The average Bonchev–Trinajstić information content (AvgIpc) is 2.69. The first kappa shape index (κ1) is 15.4. The van der Waals surface area contributed by atoms with Gasteiger partial charge < -0.3 is 19.9 Å². The second-order valence-electron chi connectivity index (χ2n) is 5.60. The van der Waals surface area contributed by atoms with Crippen LogP contribution in [0.3, 0.4) is 0 Å². The van der Waals surface area contributed by atoms with E-state index in [-0.39, 0.29) is 5.91 Å². The zero-order chi connectivity index (χ0) is 15.6. The summed E-state index contributed by atoms with van der Waals surface area (Å²) in [4.78, 5) is 16.9. The Morgan fingerprint density at radius 3 is 2.67 bits per heavy atom. The third-order valence-electron chi connectivity index (χ3n) is 3.65. The maximum atomic E-state index is 11.7. The molecule has 0 saturated heterocycles. The highest BCUT2D eigenvalue weighted by atomic mass is 16.5. The molecule has 0 atom stereocenters. The lowest BCUT2D eigenvalue weighted by atomic mass is 10.1. The number of benzene rings is 1. The Kier molecular flexibility index (Phi) is 4.53. The minimum absolute atomic E-state index is 0.000923. The number of carbonyl (C=O) groups is 1. The molecule has 114 valence electrons. The van der Waals surface area contributed by atoms with Crippen LogP contribution >= 0.6 is 0 Å². The number of aromatic amines is 1. The molecule has 1 amide bonds. The molecule has 0 radical (unpaired) electrons. The summed E-state index contributed by atoms with van der Waals surface area (Å²) >= 11 is 0. The molecule has 0 spiro atoms. The van der Waals surface area contributed by atoms with Gasteiger partial charge in [-0.3, -0.25) is 4.79 Å². The number of nitrogens with one attached hydrogen (secondary N) is 2. The zero-order valence-corrected chi connectivity index (χ0v) is 13.3. The van der Waals surface area contributed by atoms with Crippen LogP contribution in [-0.2, 0) is 11.3 Å². The lowest BCUT2D eigenvalue weighted by molar-refractivity contribution is -0.121. The Hall–Kier alpha value is -2.01. The van der Waals surface area contributed by atoms with E-state index in [1.165, 1.54) is 5.56 Å². The molecule has 5 heteroatoms. The van der Waals surface area contributed by atoms with Crippen LogP contribution in [0.1, 0.15) is 16.8 Å². The first-order valence-electron chi connectivity index (χ1n) is 6.99. The summed E-state index contributed by atoms with van der Waals surface area (Å²) in [6, 6.07) is 4.08. The lowest BCUT2D eigenvalue weighted by Gasteiger charge is -2.12. The molecular weight excluding hydrogens is 266 g/mol. The normalized spacial score (nSPS) is 11.1. The fraction of sp³-hybridized carbons (Fsp3) is 0.438. The molecule has 0 unspecified atom stereocenters. The van der Waals surface area contributed by atoms with Crippen molar-refractivity contribution < 1.29 is 9.53 Å². The second kappa shape index (κ2) is 6.18. The number of rotatable bonds is 5. The highest BCUT2D eigenvalue weighted by Crippen LogP contribution is 2.29. The Labute approximate surface area is 125 Å². The summed E-state index contributed by atoms with van der Waals surface area (Å²) in [5, 5.41) is 4.08. The van der Waals surface area contributed by atoms with Crippen molar-refractivity contribution in [2.45, 2.75) is 20.4 Å². The fourth-order valence-electron chi connectivity index (χ4n) is 2.40. The molecule has 1 heterocycles. The van der Waals surface area contributed by atoms with Crippen molar-refractivity contribution in [3.05, 3.63) is 29.0 Å². The molecule has 1 aromatic carbocycles. The van der Waals surface area contributed by atoms with E-state index in [4.69, 9.17) is 4.74 Å². The number of aromatic nitrogens is 1. The van der Waals surface area contributed by atoms with Crippen molar-refractivity contribution in [2.75, 3.05) is 27.7 Å². The molecule has 0 aliphatic heterocycles. The molecule has 0 saturated carbocycles. The van der Waals surface area contributed by atoms with Crippen LogP contribution in [0.4, 0.5) is 0 Å². The number of nitrogens with zero attached hydrogens (tertiary/aromatic N) is 1. The predicted molar refractivity (Wildman–Crippen MR) is 84.7 cm³/mol. The van der Waals surface area contributed by atoms with Gasteiger partial charge in [0.1, 0.15) is 5.75 Å². The van der Waals surface area contributed by atoms with Crippen LogP contribution in [0.25, 0.3) is 10.9 Å². The van der Waals surface area contributed by atoms with E-state index >= 15 is 0 Å². The van der Waals surface area contributed by atoms with Gasteiger partial charge in [0.2, 0.25) is 5.91 Å². The van der Waals surface area contributed by atoms with E-state index in [9.17, 15) is 4.79 Å². The Morgan fingerprint density at radius 1 is 1.33 bits per heavy atom. The molecule has 2 rings (SSSR count). The van der Waals surface area contributed by atoms with Crippen LogP contribution in [0, 0.1) is 13.8 Å². The molecule has 0 bridgehead atoms. The van der Waals surface area contributed by atoms with Gasteiger partial charge in [-0.15, -0.1) is 0 Å². The smallest absolute Gasteiger partial charge is 0.234 e. The molecule has 21 heavy (non-hydrogen) atoms. The summed E-state index contributed by atoms with van der Waals surface area (Å²) in [6.07, 6.45) is 0. The minimum atomic E-state index is 0.000923. The number of methoxy groups -OCH3 is 1. The number of carbonyl (C=O) groups excluding carboxylic acids is 1. The molecule has 0 fully saturated rings. The van der Waals surface area contributed by atoms with E-state index in [2.05, 4.69) is 24.1 Å². The molecule has 2 N–H and O–H groups in total. The van der Waals surface area contributed by atoms with E-state index < -0.39 is 0 Å². The van der Waals surface area contributed by atoms with Crippen LogP contribution in [0.5, 0.6) is 5.75 Å². The number of aryl methyl sites for hydroxylation is 2. The molecule has 0 aliphatic carbocycles. The highest BCUT2D eigenvalue weighted by Gasteiger charge is 2.11. The molecule has 1 aromatic heterocycles. The SMILES string of the molecule is COc1cc2c(C)c(C)[nH]c2cc1CNC(=O)CN(C)C. The number of fused-ring (bicyclic) bond motifs is 1. The summed E-state index contributed by atoms with van der Waals surface area (Å²) in [7, 11) is 5.40. The van der Waals surface area contributed by atoms with Gasteiger partial charge in [-0.25, -0.2) is 0 Å². The molecule has 5 nitrogen and oxygen atoms in total. The summed E-state index contributed by atoms with van der Waals surface area (Å²) in [5.74, 6) is 0.802. The third kappa shape index (κ3) is 3.36. The van der Waals surface area contributed by atoms with Crippen molar-refractivity contribution in [1.82, 2.24) is 15.2 Å². The van der Waals surface area contributed by atoms with Gasteiger partial charge in [0, 0.05) is 28.7 Å². The zero-order valence-electron chi connectivity index (χ0n) is 13.3. The van der Waals surface area contributed by atoms with Crippen LogP contribution in [-0.4, -0.2) is 43.5 Å². The summed E-state index contributed by atoms with van der Waals surface area (Å²) in [5.41, 5.74) is 4.42. The standard InChI is InChI=1S/C16H23N3O2/c1-10-11(2)18-14-6-12(15(21-5)7-13(10)14)8-17-16(20)9-19(3)4/h6-7,18H,8-9H2,1-5H3,(H,17,20). The maximum absolute atomic E-state index is 11.7. The van der Waals surface area contributed by atoms with E-state index in [0.717, 1.165) is 27.9 Å². The number of hydrogen-bond acceptors (Lipinski definition) is 3. The van der Waals surface area contributed by atoms with Gasteiger partial charge in [0.15, 0.2) is 0 Å². The molecular formula is C16H23N3O2. The fourth-order valence-corrected chi connectivity index (χ4v) is 2.40. The summed E-state index contributed by atoms with van der Waals surface area (Å²) < 4.78 is 5.46. The van der Waals surface area contributed by atoms with Crippen molar-refractivity contribution in [3.63, 3.8) is 0 Å². The lowest BCUT2D eigenvalue weighted by Crippen LogP contribution is -2.32. The van der Waals surface area contributed by atoms with Gasteiger partial charge in [-0.05, 0) is 45.6 Å². The molecule has 0 aliphatic rings. The van der Waals surface area contributed by atoms with Crippen LogP contribution in [0.2, 0.25) is 0 Å². The quantitative estimate of drug-likeness (QED) is 0.885. The largest absolute Gasteiger partial charge is 0.496 e. The van der Waals surface area contributed by atoms with Crippen LogP contribution in [0.15, 0.2) is 12.1 Å². The van der Waals surface area contributed by atoms with E-state index in [1.54, 1.807) is 7.11 Å². The Morgan fingerprint density at radius 2 is 2.05 bits per heavy atom. The molecule has 2 aromatic rings. The van der Waals surface area contributed by atoms with Crippen molar-refractivity contribution in [2.24, 2.45) is 0 Å².